The number of nitrogens with two attached hydrogens (primary N) is 1. The van der Waals surface area contributed by atoms with Crippen molar-refractivity contribution >= 4 is 27.5 Å². The van der Waals surface area contributed by atoms with E-state index < -0.39 is 10.1 Å². The monoisotopic (exact) mass is 224 g/mol. The summed E-state index contributed by atoms with van der Waals surface area (Å²) in [5.74, 6) is 0.456. The van der Waals surface area contributed by atoms with E-state index in [1.54, 1.807) is 18.2 Å². The van der Waals surface area contributed by atoms with Gasteiger partial charge < -0.3 is 5.73 Å². The Morgan fingerprint density at radius 1 is 1.54 bits per heavy atom. The van der Waals surface area contributed by atoms with Crippen molar-refractivity contribution in [2.75, 3.05) is 12.0 Å². The third-order valence-electron chi connectivity index (χ3n) is 0.737. The fourth-order valence-corrected chi connectivity index (χ4v) is 0.594. The summed E-state index contributed by atoms with van der Waals surface area (Å²) in [5, 5.41) is 0.435. The number of aromatic nitrogens is 1. The third-order valence-corrected chi connectivity index (χ3v) is 0.947. The van der Waals surface area contributed by atoms with Crippen LogP contribution >= 0.6 is 11.6 Å². The van der Waals surface area contributed by atoms with Gasteiger partial charge in [-0.1, -0.05) is 17.7 Å². The Hall–Kier alpha value is -0.850. The SMILES string of the molecule is CS(=O)(=O)O.Nc1cccc(Cl)n1. The third kappa shape index (κ3) is 11.1. The van der Waals surface area contributed by atoms with E-state index in [1.807, 2.05) is 0 Å². The van der Waals surface area contributed by atoms with Crippen LogP contribution in [0.15, 0.2) is 18.2 Å². The highest BCUT2D eigenvalue weighted by Gasteiger charge is 1.85. The summed E-state index contributed by atoms with van der Waals surface area (Å²) in [5.41, 5.74) is 5.26. The van der Waals surface area contributed by atoms with Crippen LogP contribution in [0.4, 0.5) is 5.82 Å². The number of pyridine rings is 1. The molecule has 5 nitrogen and oxygen atoms in total. The van der Waals surface area contributed by atoms with Crippen molar-refractivity contribution in [3.63, 3.8) is 0 Å². The second kappa shape index (κ2) is 5.00. The molecular formula is C6H9ClN2O3S. The molecule has 0 spiro atoms. The summed E-state index contributed by atoms with van der Waals surface area (Å²) in [4.78, 5) is 3.72. The first-order valence-corrected chi connectivity index (χ1v) is 5.32. The Morgan fingerprint density at radius 3 is 2.23 bits per heavy atom. The molecule has 3 N–H and O–H groups in total. The number of anilines is 1. The quantitative estimate of drug-likeness (QED) is 0.503. The van der Waals surface area contributed by atoms with Gasteiger partial charge in [0, 0.05) is 0 Å². The summed E-state index contributed by atoms with van der Waals surface area (Å²) >= 11 is 5.45. The van der Waals surface area contributed by atoms with E-state index in [-0.39, 0.29) is 0 Å². The summed E-state index contributed by atoms with van der Waals surface area (Å²) in [7, 11) is -3.67. The van der Waals surface area contributed by atoms with Crippen LogP contribution in [0.5, 0.6) is 0 Å². The zero-order valence-electron chi connectivity index (χ0n) is 6.81. The van der Waals surface area contributed by atoms with Gasteiger partial charge in [-0.15, -0.1) is 0 Å². The smallest absolute Gasteiger partial charge is 0.261 e. The highest BCUT2D eigenvalue weighted by Crippen LogP contribution is 2.04. The average Bonchev–Trinajstić information content (AvgIpc) is 1.81. The Labute approximate surface area is 81.3 Å². The molecule has 0 saturated carbocycles. The second-order valence-corrected chi connectivity index (χ2v) is 3.97. The Balaban J connectivity index is 0.000000252. The van der Waals surface area contributed by atoms with Gasteiger partial charge in [-0.05, 0) is 12.1 Å². The predicted octanol–water partition coefficient (Wildman–Crippen LogP) is 0.821. The molecule has 0 atom stereocenters. The van der Waals surface area contributed by atoms with Gasteiger partial charge >= 0.3 is 0 Å². The van der Waals surface area contributed by atoms with Gasteiger partial charge in [-0.2, -0.15) is 8.42 Å². The lowest BCUT2D eigenvalue weighted by Gasteiger charge is -1.88. The van der Waals surface area contributed by atoms with Gasteiger partial charge in [-0.25, -0.2) is 4.98 Å². The number of nitrogens with zero attached hydrogens (tertiary/aromatic N) is 1. The van der Waals surface area contributed by atoms with Crippen LogP contribution in [0.1, 0.15) is 0 Å². The van der Waals surface area contributed by atoms with Gasteiger partial charge in [0.05, 0.1) is 6.26 Å². The summed E-state index contributed by atoms with van der Waals surface area (Å²) in [6, 6.07) is 5.12. The summed E-state index contributed by atoms with van der Waals surface area (Å²) in [6.07, 6.45) is 0.715. The topological polar surface area (TPSA) is 93.3 Å². The van der Waals surface area contributed by atoms with Crippen molar-refractivity contribution in [3.05, 3.63) is 23.4 Å². The summed E-state index contributed by atoms with van der Waals surface area (Å²) < 4.78 is 25.9. The van der Waals surface area contributed by atoms with E-state index in [2.05, 4.69) is 4.98 Å². The number of hydrogen-bond acceptors (Lipinski definition) is 4. The molecule has 0 aliphatic heterocycles. The Kier molecular flexibility index (Phi) is 4.68. The fourth-order valence-electron chi connectivity index (χ4n) is 0.424. The van der Waals surface area contributed by atoms with Crippen LogP contribution in [-0.4, -0.2) is 24.2 Å². The molecule has 7 heteroatoms. The maximum atomic E-state index is 9.19. The molecule has 0 saturated heterocycles. The maximum absolute atomic E-state index is 9.19. The number of halogens is 1. The molecule has 13 heavy (non-hydrogen) atoms. The average molecular weight is 225 g/mol. The lowest BCUT2D eigenvalue weighted by atomic mass is 10.5. The molecular weight excluding hydrogens is 216 g/mol. The zero-order valence-corrected chi connectivity index (χ0v) is 8.38. The van der Waals surface area contributed by atoms with Crippen LogP contribution < -0.4 is 5.73 Å². The molecule has 0 amide bonds. The molecule has 0 unspecified atom stereocenters. The van der Waals surface area contributed by atoms with Crippen LogP contribution in [0.25, 0.3) is 0 Å². The van der Waals surface area contributed by atoms with Gasteiger partial charge in [0.25, 0.3) is 10.1 Å². The minimum atomic E-state index is -3.67. The van der Waals surface area contributed by atoms with Crippen LogP contribution in [-0.2, 0) is 10.1 Å². The highest BCUT2D eigenvalue weighted by atomic mass is 35.5. The molecule has 1 aromatic heterocycles. The molecule has 0 aromatic carbocycles. The summed E-state index contributed by atoms with van der Waals surface area (Å²) in [6.45, 7) is 0. The molecule has 1 rings (SSSR count). The zero-order chi connectivity index (χ0) is 10.5. The van der Waals surface area contributed by atoms with E-state index in [1.165, 1.54) is 0 Å². The van der Waals surface area contributed by atoms with Crippen molar-refractivity contribution < 1.29 is 13.0 Å². The second-order valence-electron chi connectivity index (χ2n) is 2.12. The lowest BCUT2D eigenvalue weighted by Crippen LogP contribution is -1.88. The van der Waals surface area contributed by atoms with Gasteiger partial charge in [0.2, 0.25) is 0 Å². The normalized spacial score (nSPS) is 10.1. The Morgan fingerprint density at radius 2 is 2.00 bits per heavy atom. The first kappa shape index (κ1) is 12.2. The van der Waals surface area contributed by atoms with Crippen molar-refractivity contribution in [1.82, 2.24) is 4.98 Å². The van der Waals surface area contributed by atoms with E-state index >= 15 is 0 Å². The molecule has 74 valence electrons. The standard InChI is InChI=1S/C5H5ClN2.CH4O3S/c6-4-2-1-3-5(7)8-4;1-5(2,3)4/h1-3H,(H2,7,8);1H3,(H,2,3,4). The van der Waals surface area contributed by atoms with Crippen molar-refractivity contribution in [2.24, 2.45) is 0 Å². The van der Waals surface area contributed by atoms with Crippen LogP contribution in [0.2, 0.25) is 5.15 Å². The minimum absolute atomic E-state index is 0.435. The van der Waals surface area contributed by atoms with Crippen molar-refractivity contribution in [1.29, 1.82) is 0 Å². The molecule has 1 heterocycles. The largest absolute Gasteiger partial charge is 0.384 e. The van der Waals surface area contributed by atoms with Crippen LogP contribution in [0, 0.1) is 0 Å². The Bertz CT molecular complexity index is 341. The molecule has 0 aliphatic carbocycles. The molecule has 0 aliphatic rings. The van der Waals surface area contributed by atoms with Gasteiger partial charge in [0.1, 0.15) is 11.0 Å². The highest BCUT2D eigenvalue weighted by molar-refractivity contribution is 7.85. The van der Waals surface area contributed by atoms with Crippen LogP contribution in [0.3, 0.4) is 0 Å². The van der Waals surface area contributed by atoms with Gasteiger partial charge in [0.15, 0.2) is 0 Å². The first-order valence-electron chi connectivity index (χ1n) is 3.09. The van der Waals surface area contributed by atoms with E-state index in [4.69, 9.17) is 21.9 Å². The van der Waals surface area contributed by atoms with Gasteiger partial charge in [-0.3, -0.25) is 4.55 Å². The van der Waals surface area contributed by atoms with E-state index in [0.29, 0.717) is 17.2 Å². The van der Waals surface area contributed by atoms with E-state index in [9.17, 15) is 8.42 Å². The predicted molar refractivity (Wildman–Crippen MR) is 51.1 cm³/mol. The fraction of sp³-hybridized carbons (Fsp3) is 0.167. The maximum Gasteiger partial charge on any atom is 0.261 e. The van der Waals surface area contributed by atoms with Crippen molar-refractivity contribution in [3.8, 4) is 0 Å². The number of nitrogen functional groups attached to an aromatic ring is 1. The molecule has 0 radical (unpaired) electrons. The molecule has 1 aromatic rings. The first-order chi connectivity index (χ1) is 5.79. The van der Waals surface area contributed by atoms with E-state index in [0.717, 1.165) is 0 Å². The lowest BCUT2D eigenvalue weighted by molar-refractivity contribution is 0.490. The number of rotatable bonds is 0. The number of hydrogen-bond donors (Lipinski definition) is 2. The molecule has 0 fully saturated rings. The van der Waals surface area contributed by atoms with Crippen molar-refractivity contribution in [2.45, 2.75) is 0 Å². The molecule has 0 bridgehead atoms. The minimum Gasteiger partial charge on any atom is -0.384 e.